The van der Waals surface area contributed by atoms with Gasteiger partial charge >= 0.3 is 0 Å². The lowest BCUT2D eigenvalue weighted by atomic mass is 9.84. The van der Waals surface area contributed by atoms with E-state index in [9.17, 15) is 4.79 Å². The number of hydrogen-bond donors (Lipinski definition) is 2. The van der Waals surface area contributed by atoms with Crippen molar-refractivity contribution in [1.29, 1.82) is 0 Å². The van der Waals surface area contributed by atoms with E-state index in [1.807, 2.05) is 4.90 Å². The maximum Gasteiger partial charge on any atom is 0.230 e. The Hall–Kier alpha value is -0.0300. The molecule has 102 valence electrons. The standard InChI is InChI=1S/C11H21N3O.2ClH/c12-9-11(3-1-2-4-11)10(15)14-7-5-13-6-8-14;;/h13H,1-9,12H2;2*1H. The Bertz CT molecular complexity index is 239. The van der Waals surface area contributed by atoms with Crippen molar-refractivity contribution in [1.82, 2.24) is 10.2 Å². The van der Waals surface area contributed by atoms with Crippen LogP contribution < -0.4 is 11.1 Å². The first-order valence-electron chi connectivity index (χ1n) is 5.99. The van der Waals surface area contributed by atoms with E-state index in [-0.39, 0.29) is 30.2 Å². The second kappa shape index (κ2) is 7.41. The van der Waals surface area contributed by atoms with E-state index in [0.29, 0.717) is 12.5 Å². The average molecular weight is 284 g/mol. The zero-order valence-electron chi connectivity index (χ0n) is 10.1. The van der Waals surface area contributed by atoms with E-state index in [0.717, 1.165) is 51.9 Å². The third-order valence-electron chi connectivity index (χ3n) is 3.81. The minimum atomic E-state index is -0.211. The van der Waals surface area contributed by atoms with Crippen LogP contribution in [-0.4, -0.2) is 43.5 Å². The second-order valence-corrected chi connectivity index (χ2v) is 4.73. The summed E-state index contributed by atoms with van der Waals surface area (Å²) in [7, 11) is 0. The Morgan fingerprint density at radius 3 is 2.18 bits per heavy atom. The fourth-order valence-corrected chi connectivity index (χ4v) is 2.76. The topological polar surface area (TPSA) is 58.4 Å². The molecule has 2 aliphatic rings. The van der Waals surface area contributed by atoms with Crippen molar-refractivity contribution in [2.75, 3.05) is 32.7 Å². The number of nitrogens with one attached hydrogen (secondary N) is 1. The van der Waals surface area contributed by atoms with Crippen molar-refractivity contribution < 1.29 is 4.79 Å². The summed E-state index contributed by atoms with van der Waals surface area (Å²) in [5.41, 5.74) is 5.60. The Morgan fingerprint density at radius 1 is 1.18 bits per heavy atom. The molecule has 4 nitrogen and oxygen atoms in total. The number of carbonyl (C=O) groups excluding carboxylic acids is 1. The summed E-state index contributed by atoms with van der Waals surface area (Å²) in [5, 5.41) is 3.27. The molecule has 0 aromatic rings. The van der Waals surface area contributed by atoms with Gasteiger partial charge in [-0.15, -0.1) is 24.8 Å². The molecule has 0 aromatic carbocycles. The summed E-state index contributed by atoms with van der Waals surface area (Å²) in [6.45, 7) is 4.07. The Balaban J connectivity index is 0.00000128. The van der Waals surface area contributed by atoms with Crippen molar-refractivity contribution in [3.8, 4) is 0 Å². The molecule has 1 amide bonds. The molecule has 1 aliphatic carbocycles. The number of piperazine rings is 1. The summed E-state index contributed by atoms with van der Waals surface area (Å²) in [4.78, 5) is 14.4. The summed E-state index contributed by atoms with van der Waals surface area (Å²) in [6.07, 6.45) is 4.31. The highest BCUT2D eigenvalue weighted by Gasteiger charge is 2.42. The zero-order chi connectivity index (χ0) is 10.7. The summed E-state index contributed by atoms with van der Waals surface area (Å²) in [6, 6.07) is 0. The van der Waals surface area contributed by atoms with E-state index in [4.69, 9.17) is 5.73 Å². The molecular weight excluding hydrogens is 261 g/mol. The molecule has 1 saturated heterocycles. The fraction of sp³-hybridized carbons (Fsp3) is 0.909. The van der Waals surface area contributed by atoms with Crippen LogP contribution in [0.3, 0.4) is 0 Å². The van der Waals surface area contributed by atoms with Crippen LogP contribution in [0.2, 0.25) is 0 Å². The van der Waals surface area contributed by atoms with Gasteiger partial charge in [-0.05, 0) is 12.8 Å². The van der Waals surface area contributed by atoms with E-state index < -0.39 is 0 Å². The van der Waals surface area contributed by atoms with E-state index in [1.165, 1.54) is 0 Å². The van der Waals surface area contributed by atoms with E-state index in [1.54, 1.807) is 0 Å². The van der Waals surface area contributed by atoms with Crippen molar-refractivity contribution in [2.24, 2.45) is 11.1 Å². The molecule has 3 N–H and O–H groups in total. The summed E-state index contributed by atoms with van der Waals surface area (Å²) in [5.74, 6) is 0.309. The quantitative estimate of drug-likeness (QED) is 0.788. The first kappa shape index (κ1) is 17.0. The van der Waals surface area contributed by atoms with Crippen LogP contribution in [0.4, 0.5) is 0 Å². The lowest BCUT2D eigenvalue weighted by Gasteiger charge is -2.35. The van der Waals surface area contributed by atoms with Crippen LogP contribution in [0.5, 0.6) is 0 Å². The molecule has 1 saturated carbocycles. The molecule has 0 spiro atoms. The lowest BCUT2D eigenvalue weighted by Crippen LogP contribution is -2.53. The van der Waals surface area contributed by atoms with Gasteiger partial charge in [-0.2, -0.15) is 0 Å². The second-order valence-electron chi connectivity index (χ2n) is 4.73. The van der Waals surface area contributed by atoms with E-state index in [2.05, 4.69) is 5.32 Å². The third kappa shape index (κ3) is 3.47. The van der Waals surface area contributed by atoms with Crippen molar-refractivity contribution >= 4 is 30.7 Å². The number of amides is 1. The third-order valence-corrected chi connectivity index (χ3v) is 3.81. The largest absolute Gasteiger partial charge is 0.340 e. The van der Waals surface area contributed by atoms with Crippen LogP contribution in [-0.2, 0) is 4.79 Å². The van der Waals surface area contributed by atoms with Gasteiger partial charge in [0.05, 0.1) is 5.41 Å². The molecule has 0 unspecified atom stereocenters. The van der Waals surface area contributed by atoms with Gasteiger partial charge in [0, 0.05) is 32.7 Å². The first-order chi connectivity index (χ1) is 7.28. The van der Waals surface area contributed by atoms with Crippen LogP contribution in [0.25, 0.3) is 0 Å². The zero-order valence-corrected chi connectivity index (χ0v) is 11.7. The Kier molecular flexibility index (Phi) is 7.40. The van der Waals surface area contributed by atoms with Crippen LogP contribution in [0.1, 0.15) is 25.7 Å². The van der Waals surface area contributed by atoms with Gasteiger partial charge in [0.1, 0.15) is 0 Å². The normalized spacial score (nSPS) is 22.5. The molecular formula is C11H23Cl2N3O. The number of rotatable bonds is 2. The van der Waals surface area contributed by atoms with Gasteiger partial charge in [-0.3, -0.25) is 4.79 Å². The number of nitrogens with zero attached hydrogens (tertiary/aromatic N) is 1. The van der Waals surface area contributed by atoms with Crippen LogP contribution in [0, 0.1) is 5.41 Å². The number of nitrogens with two attached hydrogens (primary N) is 1. The Labute approximate surface area is 115 Å². The maximum absolute atomic E-state index is 12.4. The smallest absolute Gasteiger partial charge is 0.230 e. The molecule has 0 atom stereocenters. The van der Waals surface area contributed by atoms with E-state index >= 15 is 0 Å². The molecule has 2 rings (SSSR count). The van der Waals surface area contributed by atoms with Crippen LogP contribution >= 0.6 is 24.8 Å². The molecule has 0 aromatic heterocycles. The molecule has 6 heteroatoms. The predicted molar refractivity (Wildman–Crippen MR) is 73.9 cm³/mol. The molecule has 0 radical (unpaired) electrons. The highest BCUT2D eigenvalue weighted by molar-refractivity contribution is 5.85. The minimum Gasteiger partial charge on any atom is -0.340 e. The predicted octanol–water partition coefficient (Wildman–Crippen LogP) is 0.781. The van der Waals surface area contributed by atoms with Gasteiger partial charge in [0.2, 0.25) is 5.91 Å². The number of carbonyl (C=O) groups is 1. The minimum absolute atomic E-state index is 0. The average Bonchev–Trinajstić information content (AvgIpc) is 2.79. The van der Waals surface area contributed by atoms with Gasteiger partial charge in [0.15, 0.2) is 0 Å². The maximum atomic E-state index is 12.4. The van der Waals surface area contributed by atoms with Crippen molar-refractivity contribution in [3.63, 3.8) is 0 Å². The lowest BCUT2D eigenvalue weighted by molar-refractivity contribution is -0.142. The summed E-state index contributed by atoms with van der Waals surface area (Å²) >= 11 is 0. The number of halogens is 2. The van der Waals surface area contributed by atoms with Crippen molar-refractivity contribution in [3.05, 3.63) is 0 Å². The molecule has 1 heterocycles. The van der Waals surface area contributed by atoms with Crippen molar-refractivity contribution in [2.45, 2.75) is 25.7 Å². The first-order valence-corrected chi connectivity index (χ1v) is 5.99. The highest BCUT2D eigenvalue weighted by atomic mass is 35.5. The van der Waals surface area contributed by atoms with Crippen LogP contribution in [0.15, 0.2) is 0 Å². The Morgan fingerprint density at radius 2 is 1.71 bits per heavy atom. The SMILES string of the molecule is Cl.Cl.NCC1(C(=O)N2CCNCC2)CCCC1. The fourth-order valence-electron chi connectivity index (χ4n) is 2.76. The molecule has 1 aliphatic heterocycles. The number of hydrogen-bond acceptors (Lipinski definition) is 3. The van der Waals surface area contributed by atoms with Gasteiger partial charge in [-0.25, -0.2) is 0 Å². The highest BCUT2D eigenvalue weighted by Crippen LogP contribution is 2.38. The molecule has 0 bridgehead atoms. The van der Waals surface area contributed by atoms with Gasteiger partial charge in [0.25, 0.3) is 0 Å². The molecule has 17 heavy (non-hydrogen) atoms. The monoisotopic (exact) mass is 283 g/mol. The van der Waals surface area contributed by atoms with Gasteiger partial charge in [-0.1, -0.05) is 12.8 Å². The molecule has 2 fully saturated rings. The summed E-state index contributed by atoms with van der Waals surface area (Å²) < 4.78 is 0. The van der Waals surface area contributed by atoms with Gasteiger partial charge < -0.3 is 16.0 Å².